The van der Waals surface area contributed by atoms with Gasteiger partial charge < -0.3 is 9.47 Å². The van der Waals surface area contributed by atoms with Gasteiger partial charge in [-0.1, -0.05) is 0 Å². The van der Waals surface area contributed by atoms with Crippen LogP contribution in [0.25, 0.3) is 0 Å². The van der Waals surface area contributed by atoms with Crippen molar-refractivity contribution in [1.29, 1.82) is 0 Å². The monoisotopic (exact) mass is 354 g/mol. The van der Waals surface area contributed by atoms with Crippen molar-refractivity contribution < 1.29 is 19.1 Å². The van der Waals surface area contributed by atoms with Crippen LogP contribution < -0.4 is 9.64 Å². The maximum Gasteiger partial charge on any atom is 0.300 e. The van der Waals surface area contributed by atoms with Gasteiger partial charge in [-0.2, -0.15) is 0 Å². The van der Waals surface area contributed by atoms with Crippen molar-refractivity contribution in [3.8, 4) is 5.75 Å². The number of ketones is 1. The summed E-state index contributed by atoms with van der Waals surface area (Å²) in [7, 11) is 1.53. The molecule has 1 fully saturated rings. The van der Waals surface area contributed by atoms with E-state index in [0.29, 0.717) is 41.4 Å². The van der Waals surface area contributed by atoms with E-state index in [1.807, 2.05) is 0 Å². The molecule has 0 aromatic heterocycles. The molecule has 0 radical (unpaired) electrons. The molecule has 0 saturated carbocycles. The highest BCUT2D eigenvalue weighted by atomic mass is 79.9. The van der Waals surface area contributed by atoms with Crippen molar-refractivity contribution in [2.45, 2.75) is 0 Å². The van der Waals surface area contributed by atoms with Crippen LogP contribution in [0.3, 0.4) is 0 Å². The lowest BCUT2D eigenvalue weighted by Crippen LogP contribution is -2.45. The van der Waals surface area contributed by atoms with E-state index in [1.165, 1.54) is 12.0 Å². The maximum absolute atomic E-state index is 12.2. The van der Waals surface area contributed by atoms with Gasteiger partial charge in [0, 0.05) is 13.1 Å². The van der Waals surface area contributed by atoms with Gasteiger partial charge in [-0.05, 0) is 28.1 Å². The van der Waals surface area contributed by atoms with Gasteiger partial charge in [0.1, 0.15) is 5.75 Å². The van der Waals surface area contributed by atoms with Gasteiger partial charge in [-0.15, -0.1) is 0 Å². The van der Waals surface area contributed by atoms with Gasteiger partial charge in [0.05, 0.1) is 42.7 Å². The molecule has 2 aliphatic heterocycles. The van der Waals surface area contributed by atoms with Crippen LogP contribution in [-0.2, 0) is 9.53 Å². The lowest BCUT2D eigenvalue weighted by Gasteiger charge is -2.30. The minimum atomic E-state index is -0.496. The number of hydrogen-bond acceptors (Lipinski definition) is 5. The number of amides is 1. The van der Waals surface area contributed by atoms with Gasteiger partial charge in [-0.25, -0.2) is 0 Å². The van der Waals surface area contributed by atoms with Crippen molar-refractivity contribution >= 4 is 33.3 Å². The highest BCUT2D eigenvalue weighted by Gasteiger charge is 2.39. The Morgan fingerprint density at radius 2 is 2.00 bits per heavy atom. The largest absolute Gasteiger partial charge is 0.496 e. The quantitative estimate of drug-likeness (QED) is 0.765. The highest BCUT2D eigenvalue weighted by Crippen LogP contribution is 2.39. The molecule has 0 aliphatic carbocycles. The Kier molecular flexibility index (Phi) is 3.97. The van der Waals surface area contributed by atoms with E-state index in [2.05, 4.69) is 20.8 Å². The number of methoxy groups -OCH3 is 1. The second kappa shape index (κ2) is 5.75. The number of fused-ring (bicyclic) bond motifs is 1. The normalized spacial score (nSPS) is 19.0. The predicted octanol–water partition coefficient (Wildman–Crippen LogP) is 1.28. The summed E-state index contributed by atoms with van der Waals surface area (Å²) in [5.41, 5.74) is 1.01. The summed E-state index contributed by atoms with van der Waals surface area (Å²) in [5, 5.41) is 0. The number of anilines is 1. The van der Waals surface area contributed by atoms with Crippen molar-refractivity contribution in [2.75, 3.05) is 45.0 Å². The molecular formula is C14H15BrN2O4. The van der Waals surface area contributed by atoms with Crippen molar-refractivity contribution in [1.82, 2.24) is 4.90 Å². The van der Waals surface area contributed by atoms with Crippen LogP contribution in [0.4, 0.5) is 5.69 Å². The third-order valence-corrected chi connectivity index (χ3v) is 4.49. The first-order valence-electron chi connectivity index (χ1n) is 6.66. The number of carbonyl (C=O) groups excluding carboxylic acids is 2. The zero-order valence-electron chi connectivity index (χ0n) is 11.6. The third kappa shape index (κ3) is 2.45. The number of ether oxygens (including phenoxy) is 2. The van der Waals surface area contributed by atoms with E-state index in [1.54, 1.807) is 12.1 Å². The molecule has 112 valence electrons. The topological polar surface area (TPSA) is 59.1 Å². The van der Waals surface area contributed by atoms with Crippen LogP contribution in [-0.4, -0.2) is 56.7 Å². The summed E-state index contributed by atoms with van der Waals surface area (Å²) in [6.07, 6.45) is 0. The number of benzene rings is 1. The molecule has 3 rings (SSSR count). The summed E-state index contributed by atoms with van der Waals surface area (Å²) in [6.45, 7) is 3.21. The summed E-state index contributed by atoms with van der Waals surface area (Å²) in [4.78, 5) is 28.1. The van der Waals surface area contributed by atoms with Gasteiger partial charge in [0.25, 0.3) is 5.78 Å². The van der Waals surface area contributed by atoms with E-state index in [-0.39, 0.29) is 0 Å². The number of morpholine rings is 1. The Morgan fingerprint density at radius 1 is 1.29 bits per heavy atom. The number of Topliss-reactive ketones (excluding diaryl/α,β-unsaturated/α-hetero) is 1. The first-order valence-corrected chi connectivity index (χ1v) is 7.45. The zero-order valence-corrected chi connectivity index (χ0v) is 13.2. The zero-order chi connectivity index (χ0) is 15.0. The maximum atomic E-state index is 12.2. The van der Waals surface area contributed by atoms with Crippen LogP contribution in [0.2, 0.25) is 0 Å². The molecule has 21 heavy (non-hydrogen) atoms. The molecule has 0 N–H and O–H groups in total. The lowest BCUT2D eigenvalue weighted by molar-refractivity contribution is -0.114. The van der Waals surface area contributed by atoms with Crippen LogP contribution in [0.5, 0.6) is 5.75 Å². The van der Waals surface area contributed by atoms with E-state index in [9.17, 15) is 9.59 Å². The molecule has 1 amide bonds. The van der Waals surface area contributed by atoms with Crippen LogP contribution >= 0.6 is 15.9 Å². The molecule has 1 aromatic carbocycles. The second-order valence-corrected chi connectivity index (χ2v) is 5.70. The van der Waals surface area contributed by atoms with Gasteiger partial charge >= 0.3 is 5.91 Å². The van der Waals surface area contributed by atoms with Gasteiger partial charge in [0.15, 0.2) is 0 Å². The molecule has 0 unspecified atom stereocenters. The fraction of sp³-hybridized carbons (Fsp3) is 0.429. The van der Waals surface area contributed by atoms with Gasteiger partial charge in [0.2, 0.25) is 0 Å². The molecule has 1 aromatic rings. The second-order valence-electron chi connectivity index (χ2n) is 4.91. The predicted molar refractivity (Wildman–Crippen MR) is 79.8 cm³/mol. The SMILES string of the molecule is COc1ccc2c(c1Br)C(=O)C(=O)N2CN1CCOCC1. The number of halogens is 1. The van der Waals surface area contributed by atoms with Crippen LogP contribution in [0.1, 0.15) is 10.4 Å². The van der Waals surface area contributed by atoms with Gasteiger partial charge in [-0.3, -0.25) is 19.4 Å². The molecule has 0 atom stereocenters. The van der Waals surface area contributed by atoms with E-state index >= 15 is 0 Å². The number of hydrogen-bond donors (Lipinski definition) is 0. The van der Waals surface area contributed by atoms with E-state index in [0.717, 1.165) is 13.1 Å². The summed E-state index contributed by atoms with van der Waals surface area (Å²) in [5.74, 6) is -0.447. The minimum Gasteiger partial charge on any atom is -0.496 e. The molecule has 2 aliphatic rings. The highest BCUT2D eigenvalue weighted by molar-refractivity contribution is 9.10. The van der Waals surface area contributed by atoms with Crippen molar-refractivity contribution in [3.05, 3.63) is 22.2 Å². The van der Waals surface area contributed by atoms with E-state index in [4.69, 9.17) is 9.47 Å². The smallest absolute Gasteiger partial charge is 0.300 e. The first-order chi connectivity index (χ1) is 10.1. The Balaban J connectivity index is 1.92. The Bertz CT molecular complexity index is 599. The standard InChI is InChI=1S/C14H15BrN2O4/c1-20-10-3-2-9-11(12(10)15)13(18)14(19)17(9)8-16-4-6-21-7-5-16/h2-3H,4-8H2,1H3. The molecule has 2 heterocycles. The fourth-order valence-electron chi connectivity index (χ4n) is 2.57. The lowest BCUT2D eigenvalue weighted by atomic mass is 10.1. The number of nitrogens with zero attached hydrogens (tertiary/aromatic N) is 2. The molecule has 0 bridgehead atoms. The molecule has 0 spiro atoms. The van der Waals surface area contributed by atoms with Crippen LogP contribution in [0, 0.1) is 0 Å². The van der Waals surface area contributed by atoms with Crippen molar-refractivity contribution in [2.24, 2.45) is 0 Å². The molecule has 1 saturated heterocycles. The first kappa shape index (κ1) is 14.5. The molecule has 6 nitrogen and oxygen atoms in total. The molecular weight excluding hydrogens is 340 g/mol. The Morgan fingerprint density at radius 3 is 2.67 bits per heavy atom. The Labute approximate surface area is 130 Å². The summed E-state index contributed by atoms with van der Waals surface area (Å²) < 4.78 is 11.0. The average Bonchev–Trinajstić information content (AvgIpc) is 2.74. The average molecular weight is 355 g/mol. The minimum absolute atomic E-state index is 0.382. The summed E-state index contributed by atoms with van der Waals surface area (Å²) in [6, 6.07) is 3.50. The number of rotatable bonds is 3. The fourth-order valence-corrected chi connectivity index (χ4v) is 3.24. The summed E-state index contributed by atoms with van der Waals surface area (Å²) >= 11 is 3.35. The third-order valence-electron chi connectivity index (χ3n) is 3.71. The Hall–Kier alpha value is -1.44. The molecule has 7 heteroatoms. The van der Waals surface area contributed by atoms with Crippen molar-refractivity contribution in [3.63, 3.8) is 0 Å². The number of carbonyl (C=O) groups is 2. The van der Waals surface area contributed by atoms with Crippen LogP contribution in [0.15, 0.2) is 16.6 Å². The van der Waals surface area contributed by atoms with E-state index < -0.39 is 11.7 Å².